The van der Waals surface area contributed by atoms with Crippen molar-refractivity contribution in [3.05, 3.63) is 35.9 Å². The van der Waals surface area contributed by atoms with Gasteiger partial charge >= 0.3 is 12.1 Å². The average molecular weight is 349 g/mol. The Labute approximate surface area is 148 Å². The van der Waals surface area contributed by atoms with Gasteiger partial charge in [-0.3, -0.25) is 0 Å². The smallest absolute Gasteiger partial charge is 0.408 e. The predicted octanol–water partition coefficient (Wildman–Crippen LogP) is 3.19. The van der Waals surface area contributed by atoms with Gasteiger partial charge in [0.05, 0.1) is 19.8 Å². The Morgan fingerprint density at radius 2 is 2.00 bits per heavy atom. The monoisotopic (exact) mass is 349 g/mol. The van der Waals surface area contributed by atoms with Gasteiger partial charge in [-0.15, -0.1) is 0 Å². The standard InChI is InChI=1S/C19H27NO5/c1-3-4-11-19(17(21)23-2,12-10-16-14-24-16)20-18(22)25-13-15-8-6-5-7-9-15/h5-9,16H,3-4,10-14H2,1-2H3,(H,20,22). The van der Waals surface area contributed by atoms with Crippen LogP contribution in [0.4, 0.5) is 4.79 Å². The zero-order valence-electron chi connectivity index (χ0n) is 15.0. The summed E-state index contributed by atoms with van der Waals surface area (Å²) in [7, 11) is 1.34. The Morgan fingerprint density at radius 3 is 2.60 bits per heavy atom. The van der Waals surface area contributed by atoms with Gasteiger partial charge in [0.25, 0.3) is 0 Å². The Kier molecular flexibility index (Phi) is 7.25. The molecule has 1 aliphatic rings. The fraction of sp³-hybridized carbons (Fsp3) is 0.579. The third-order valence-electron chi connectivity index (χ3n) is 4.38. The van der Waals surface area contributed by atoms with Gasteiger partial charge in [-0.25, -0.2) is 9.59 Å². The lowest BCUT2D eigenvalue weighted by molar-refractivity contribution is -0.149. The third kappa shape index (κ3) is 6.05. The van der Waals surface area contributed by atoms with Crippen molar-refractivity contribution >= 4 is 12.1 Å². The van der Waals surface area contributed by atoms with E-state index in [1.165, 1.54) is 7.11 Å². The summed E-state index contributed by atoms with van der Waals surface area (Å²) in [5, 5.41) is 2.78. The minimum atomic E-state index is -1.06. The number of esters is 1. The topological polar surface area (TPSA) is 77.2 Å². The molecule has 0 aliphatic carbocycles. The number of rotatable bonds is 10. The van der Waals surface area contributed by atoms with Crippen LogP contribution in [0, 0.1) is 0 Å². The maximum Gasteiger partial charge on any atom is 0.408 e. The summed E-state index contributed by atoms with van der Waals surface area (Å²) in [4.78, 5) is 24.8. The summed E-state index contributed by atoms with van der Waals surface area (Å²) < 4.78 is 15.5. The normalized spacial score (nSPS) is 18.1. The van der Waals surface area contributed by atoms with Gasteiger partial charge in [0.2, 0.25) is 0 Å². The largest absolute Gasteiger partial charge is 0.467 e. The maximum absolute atomic E-state index is 12.4. The molecule has 0 aromatic heterocycles. The van der Waals surface area contributed by atoms with E-state index in [1.807, 2.05) is 37.3 Å². The minimum Gasteiger partial charge on any atom is -0.467 e. The van der Waals surface area contributed by atoms with E-state index in [0.29, 0.717) is 25.9 Å². The van der Waals surface area contributed by atoms with Crippen LogP contribution in [-0.2, 0) is 25.6 Å². The molecule has 2 unspecified atom stereocenters. The van der Waals surface area contributed by atoms with E-state index in [2.05, 4.69) is 5.32 Å². The molecule has 1 N–H and O–H groups in total. The van der Waals surface area contributed by atoms with Crippen molar-refractivity contribution in [1.82, 2.24) is 5.32 Å². The number of carbonyl (C=O) groups excluding carboxylic acids is 2. The van der Waals surface area contributed by atoms with Crippen LogP contribution in [0.3, 0.4) is 0 Å². The second-order valence-electron chi connectivity index (χ2n) is 6.36. The Hall–Kier alpha value is -2.08. The van der Waals surface area contributed by atoms with E-state index in [1.54, 1.807) is 0 Å². The van der Waals surface area contributed by atoms with Gasteiger partial charge in [0.15, 0.2) is 0 Å². The highest BCUT2D eigenvalue weighted by atomic mass is 16.6. The first-order chi connectivity index (χ1) is 12.1. The summed E-state index contributed by atoms with van der Waals surface area (Å²) in [5.41, 5.74) is -0.175. The second kappa shape index (κ2) is 9.42. The Bertz CT molecular complexity index is 558. The van der Waals surface area contributed by atoms with Crippen molar-refractivity contribution in [1.29, 1.82) is 0 Å². The van der Waals surface area contributed by atoms with E-state index in [0.717, 1.165) is 18.4 Å². The number of methoxy groups -OCH3 is 1. The summed E-state index contributed by atoms with van der Waals surface area (Å²) in [6.07, 6.45) is 2.99. The predicted molar refractivity (Wildman–Crippen MR) is 93.0 cm³/mol. The Morgan fingerprint density at radius 1 is 1.28 bits per heavy atom. The van der Waals surface area contributed by atoms with Gasteiger partial charge in [-0.2, -0.15) is 0 Å². The van der Waals surface area contributed by atoms with Crippen LogP contribution in [0.1, 0.15) is 44.6 Å². The number of ether oxygens (including phenoxy) is 3. The molecule has 2 rings (SSSR count). The molecule has 1 aromatic rings. The summed E-state index contributed by atoms with van der Waals surface area (Å²) >= 11 is 0. The fourth-order valence-corrected chi connectivity index (χ4v) is 2.78. The molecule has 0 radical (unpaired) electrons. The zero-order chi connectivity index (χ0) is 18.1. The highest BCUT2D eigenvalue weighted by Crippen LogP contribution is 2.27. The first-order valence-electron chi connectivity index (χ1n) is 8.78. The number of alkyl carbamates (subject to hydrolysis) is 1. The summed E-state index contributed by atoms with van der Waals surface area (Å²) in [6.45, 7) is 2.91. The van der Waals surface area contributed by atoms with Gasteiger partial charge in [-0.05, 0) is 24.8 Å². The van der Waals surface area contributed by atoms with Crippen molar-refractivity contribution in [3.63, 3.8) is 0 Å². The molecule has 1 amide bonds. The van der Waals surface area contributed by atoms with Gasteiger partial charge in [0.1, 0.15) is 12.1 Å². The molecule has 25 heavy (non-hydrogen) atoms. The van der Waals surface area contributed by atoms with Crippen molar-refractivity contribution in [3.8, 4) is 0 Å². The van der Waals surface area contributed by atoms with Crippen LogP contribution in [-0.4, -0.2) is 37.4 Å². The molecule has 1 aromatic carbocycles. The maximum atomic E-state index is 12.4. The average Bonchev–Trinajstić information content (AvgIpc) is 3.47. The number of hydrogen-bond acceptors (Lipinski definition) is 5. The van der Waals surface area contributed by atoms with Gasteiger partial charge in [0, 0.05) is 0 Å². The lowest BCUT2D eigenvalue weighted by atomic mass is 9.87. The molecule has 0 bridgehead atoms. The lowest BCUT2D eigenvalue weighted by Crippen LogP contribution is -2.55. The van der Waals surface area contributed by atoms with Crippen molar-refractivity contribution in [2.75, 3.05) is 13.7 Å². The molecule has 1 saturated heterocycles. The number of unbranched alkanes of at least 4 members (excludes halogenated alkanes) is 1. The zero-order valence-corrected chi connectivity index (χ0v) is 15.0. The minimum absolute atomic E-state index is 0.156. The first kappa shape index (κ1) is 19.2. The second-order valence-corrected chi connectivity index (χ2v) is 6.36. The highest BCUT2D eigenvalue weighted by molar-refractivity contribution is 5.85. The number of epoxide rings is 1. The van der Waals surface area contributed by atoms with Crippen LogP contribution in [0.25, 0.3) is 0 Å². The van der Waals surface area contributed by atoms with Crippen molar-refractivity contribution in [2.45, 2.75) is 57.3 Å². The highest BCUT2D eigenvalue weighted by Gasteiger charge is 2.42. The van der Waals surface area contributed by atoms with E-state index < -0.39 is 17.6 Å². The molecule has 1 aliphatic heterocycles. The van der Waals surface area contributed by atoms with E-state index in [4.69, 9.17) is 14.2 Å². The van der Waals surface area contributed by atoms with Crippen molar-refractivity contribution < 1.29 is 23.8 Å². The van der Waals surface area contributed by atoms with Gasteiger partial charge in [-0.1, -0.05) is 50.1 Å². The molecule has 0 spiro atoms. The van der Waals surface area contributed by atoms with E-state index >= 15 is 0 Å². The van der Waals surface area contributed by atoms with E-state index in [-0.39, 0.29) is 12.7 Å². The molecule has 1 fully saturated rings. The fourth-order valence-electron chi connectivity index (χ4n) is 2.78. The number of benzene rings is 1. The number of carbonyl (C=O) groups is 2. The quantitative estimate of drug-likeness (QED) is 0.518. The molecule has 1 heterocycles. The van der Waals surface area contributed by atoms with Crippen LogP contribution in [0.2, 0.25) is 0 Å². The van der Waals surface area contributed by atoms with E-state index in [9.17, 15) is 9.59 Å². The van der Waals surface area contributed by atoms with Crippen molar-refractivity contribution in [2.24, 2.45) is 0 Å². The molecule has 6 nitrogen and oxygen atoms in total. The number of hydrogen-bond donors (Lipinski definition) is 1. The van der Waals surface area contributed by atoms with Crippen LogP contribution in [0.15, 0.2) is 30.3 Å². The molecule has 138 valence electrons. The molecular weight excluding hydrogens is 322 g/mol. The first-order valence-corrected chi connectivity index (χ1v) is 8.78. The summed E-state index contributed by atoms with van der Waals surface area (Å²) in [5.74, 6) is -0.432. The molecular formula is C19H27NO5. The molecule has 6 heteroatoms. The Balaban J connectivity index is 2.00. The number of nitrogens with one attached hydrogen (secondary N) is 1. The van der Waals surface area contributed by atoms with Crippen LogP contribution in [0.5, 0.6) is 0 Å². The van der Waals surface area contributed by atoms with Crippen LogP contribution >= 0.6 is 0 Å². The lowest BCUT2D eigenvalue weighted by Gasteiger charge is -2.31. The summed E-state index contributed by atoms with van der Waals surface area (Å²) in [6, 6.07) is 9.42. The molecule has 0 saturated carbocycles. The SMILES string of the molecule is CCCCC(CCC1CO1)(NC(=O)OCc1ccccc1)C(=O)OC. The molecule has 2 atom stereocenters. The van der Waals surface area contributed by atoms with Gasteiger partial charge < -0.3 is 19.5 Å². The number of amides is 1. The van der Waals surface area contributed by atoms with Crippen LogP contribution < -0.4 is 5.32 Å². The third-order valence-corrected chi connectivity index (χ3v) is 4.38.